The molecule has 106 valence electrons. The Labute approximate surface area is 131 Å². The predicted octanol–water partition coefficient (Wildman–Crippen LogP) is 5.41. The zero-order chi connectivity index (χ0) is 14.5. The van der Waals surface area contributed by atoms with Crippen LogP contribution in [0.15, 0.2) is 42.5 Å². The highest BCUT2D eigenvalue weighted by Crippen LogP contribution is 2.20. The van der Waals surface area contributed by atoms with Crippen LogP contribution in [0.2, 0.25) is 0 Å². The van der Waals surface area contributed by atoms with Crippen LogP contribution in [0.3, 0.4) is 0 Å². The Kier molecular flexibility index (Phi) is 5.42. The van der Waals surface area contributed by atoms with Gasteiger partial charge in [-0.05, 0) is 67.3 Å². The maximum absolute atomic E-state index is 3.69. The monoisotopic (exact) mass is 330 g/mol. The van der Waals surface area contributed by atoms with Gasteiger partial charge in [0.2, 0.25) is 0 Å². The molecule has 0 heterocycles. The minimum atomic E-state index is 0.651. The second-order valence-corrected chi connectivity index (χ2v) is 6.42. The average Bonchev–Trinajstić information content (AvgIpc) is 2.44. The van der Waals surface area contributed by atoms with Crippen LogP contribution in [0.25, 0.3) is 0 Å². The van der Waals surface area contributed by atoms with E-state index < -0.39 is 0 Å². The maximum Gasteiger partial charge on any atom is 0.00660 e. The molecule has 0 fully saturated rings. The fourth-order valence-corrected chi connectivity index (χ4v) is 3.05. The van der Waals surface area contributed by atoms with Gasteiger partial charge in [0.25, 0.3) is 0 Å². The van der Waals surface area contributed by atoms with Crippen molar-refractivity contribution < 1.29 is 0 Å². The highest BCUT2D eigenvalue weighted by atomic mass is 79.9. The number of halogens is 1. The molecule has 0 amide bonds. The number of hydrogen-bond acceptors (Lipinski definition) is 0. The fourth-order valence-electron chi connectivity index (χ4n) is 2.60. The van der Waals surface area contributed by atoms with E-state index in [1.165, 1.54) is 27.8 Å². The quantitative estimate of drug-likeness (QED) is 0.643. The largest absolute Gasteiger partial charge is 0.0925 e. The summed E-state index contributed by atoms with van der Waals surface area (Å²) < 4.78 is 0. The smallest absolute Gasteiger partial charge is 0.00660 e. The molecule has 0 saturated heterocycles. The van der Waals surface area contributed by atoms with E-state index in [0.29, 0.717) is 5.92 Å². The summed E-state index contributed by atoms with van der Waals surface area (Å²) in [4.78, 5) is 0. The number of aryl methyl sites for hydroxylation is 3. The molecule has 0 aliphatic heterocycles. The van der Waals surface area contributed by atoms with E-state index in [9.17, 15) is 0 Å². The second kappa shape index (κ2) is 7.08. The summed E-state index contributed by atoms with van der Waals surface area (Å²) in [7, 11) is 0. The van der Waals surface area contributed by atoms with Crippen LogP contribution in [0.5, 0.6) is 0 Å². The molecule has 0 bridgehead atoms. The van der Waals surface area contributed by atoms with Gasteiger partial charge in [0.15, 0.2) is 0 Å². The van der Waals surface area contributed by atoms with Gasteiger partial charge in [0.1, 0.15) is 0 Å². The lowest BCUT2D eigenvalue weighted by molar-refractivity contribution is 0.589. The molecule has 0 spiro atoms. The first-order chi connectivity index (χ1) is 9.60. The molecule has 1 unspecified atom stereocenters. The molecule has 1 heteroatoms. The van der Waals surface area contributed by atoms with Gasteiger partial charge in [-0.15, -0.1) is 0 Å². The predicted molar refractivity (Wildman–Crippen MR) is 91.8 cm³/mol. The van der Waals surface area contributed by atoms with Gasteiger partial charge in [0, 0.05) is 5.33 Å². The Morgan fingerprint density at radius 1 is 0.850 bits per heavy atom. The lowest BCUT2D eigenvalue weighted by atomic mass is 9.91. The molecule has 0 saturated carbocycles. The van der Waals surface area contributed by atoms with E-state index in [0.717, 1.165) is 18.2 Å². The molecule has 20 heavy (non-hydrogen) atoms. The zero-order valence-corrected chi connectivity index (χ0v) is 14.2. The van der Waals surface area contributed by atoms with E-state index in [2.05, 4.69) is 79.2 Å². The van der Waals surface area contributed by atoms with Crippen LogP contribution in [-0.2, 0) is 12.8 Å². The lowest BCUT2D eigenvalue weighted by Crippen LogP contribution is -2.11. The first-order valence-corrected chi connectivity index (χ1v) is 8.39. The van der Waals surface area contributed by atoms with Crippen molar-refractivity contribution in [1.82, 2.24) is 0 Å². The van der Waals surface area contributed by atoms with Gasteiger partial charge < -0.3 is 0 Å². The maximum atomic E-state index is 3.69. The minimum Gasteiger partial charge on any atom is -0.0925 e. The zero-order valence-electron chi connectivity index (χ0n) is 12.6. The van der Waals surface area contributed by atoms with E-state index in [1.54, 1.807) is 0 Å². The topological polar surface area (TPSA) is 0 Å². The molecule has 0 aromatic heterocycles. The Balaban J connectivity index is 2.09. The van der Waals surface area contributed by atoms with Crippen molar-refractivity contribution in [2.45, 2.75) is 33.6 Å². The minimum absolute atomic E-state index is 0.651. The van der Waals surface area contributed by atoms with Crippen molar-refractivity contribution in [2.24, 2.45) is 5.92 Å². The summed E-state index contributed by atoms with van der Waals surface area (Å²) in [5, 5.41) is 1.05. The molecular formula is C19H23Br. The van der Waals surface area contributed by atoms with E-state index in [-0.39, 0.29) is 0 Å². The molecular weight excluding hydrogens is 308 g/mol. The van der Waals surface area contributed by atoms with Crippen molar-refractivity contribution in [3.05, 3.63) is 70.3 Å². The van der Waals surface area contributed by atoms with Crippen molar-refractivity contribution >= 4 is 15.9 Å². The fraction of sp³-hybridized carbons (Fsp3) is 0.368. The van der Waals surface area contributed by atoms with Crippen LogP contribution in [0.4, 0.5) is 0 Å². The van der Waals surface area contributed by atoms with Crippen LogP contribution in [0.1, 0.15) is 27.8 Å². The Morgan fingerprint density at radius 2 is 1.60 bits per heavy atom. The third-order valence-corrected chi connectivity index (χ3v) is 5.00. The molecule has 0 aliphatic carbocycles. The molecule has 2 rings (SSSR count). The molecule has 2 aromatic carbocycles. The highest BCUT2D eigenvalue weighted by Gasteiger charge is 2.11. The van der Waals surface area contributed by atoms with Crippen LogP contribution >= 0.6 is 15.9 Å². The van der Waals surface area contributed by atoms with Gasteiger partial charge >= 0.3 is 0 Å². The Bertz CT molecular complexity index is 572. The summed E-state index contributed by atoms with van der Waals surface area (Å²) >= 11 is 3.69. The number of benzene rings is 2. The Hall–Kier alpha value is -1.08. The third-order valence-electron chi connectivity index (χ3n) is 4.08. The van der Waals surface area contributed by atoms with E-state index >= 15 is 0 Å². The summed E-state index contributed by atoms with van der Waals surface area (Å²) in [5.41, 5.74) is 7.10. The normalized spacial score (nSPS) is 12.4. The number of alkyl halides is 1. The Morgan fingerprint density at radius 3 is 2.25 bits per heavy atom. The van der Waals surface area contributed by atoms with Gasteiger partial charge in [-0.1, -0.05) is 58.4 Å². The molecule has 0 N–H and O–H groups in total. The van der Waals surface area contributed by atoms with Crippen molar-refractivity contribution in [1.29, 1.82) is 0 Å². The van der Waals surface area contributed by atoms with E-state index in [4.69, 9.17) is 0 Å². The van der Waals surface area contributed by atoms with Gasteiger partial charge in [-0.25, -0.2) is 0 Å². The average molecular weight is 331 g/mol. The highest BCUT2D eigenvalue weighted by molar-refractivity contribution is 9.09. The molecule has 1 atom stereocenters. The molecule has 0 radical (unpaired) electrons. The first kappa shape index (κ1) is 15.3. The van der Waals surface area contributed by atoms with Crippen molar-refractivity contribution in [3.63, 3.8) is 0 Å². The van der Waals surface area contributed by atoms with E-state index in [1.807, 2.05) is 0 Å². The van der Waals surface area contributed by atoms with Gasteiger partial charge in [-0.2, -0.15) is 0 Å². The summed E-state index contributed by atoms with van der Waals surface area (Å²) in [6.07, 6.45) is 2.28. The van der Waals surface area contributed by atoms with Gasteiger partial charge in [0.05, 0.1) is 0 Å². The van der Waals surface area contributed by atoms with Crippen LogP contribution in [0, 0.1) is 26.7 Å². The number of hydrogen-bond donors (Lipinski definition) is 0. The number of rotatable bonds is 5. The second-order valence-electron chi connectivity index (χ2n) is 5.77. The standard InChI is InChI=1S/C19H23Br/c1-14-8-9-17(10-16(14)3)11-18(13-20)12-19-7-5-4-6-15(19)2/h4-10,18H,11-13H2,1-3H3. The third kappa shape index (κ3) is 3.96. The molecule has 0 aliphatic rings. The van der Waals surface area contributed by atoms with Crippen LogP contribution in [-0.4, -0.2) is 5.33 Å². The molecule has 2 aromatic rings. The summed E-state index contributed by atoms with van der Waals surface area (Å²) in [6.45, 7) is 6.58. The lowest BCUT2D eigenvalue weighted by Gasteiger charge is -2.16. The summed E-state index contributed by atoms with van der Waals surface area (Å²) in [6, 6.07) is 15.6. The van der Waals surface area contributed by atoms with Crippen molar-refractivity contribution in [3.8, 4) is 0 Å². The van der Waals surface area contributed by atoms with Crippen LogP contribution < -0.4 is 0 Å². The summed E-state index contributed by atoms with van der Waals surface area (Å²) in [5.74, 6) is 0.651. The molecule has 0 nitrogen and oxygen atoms in total. The SMILES string of the molecule is Cc1ccc(CC(CBr)Cc2ccccc2C)cc1C. The van der Waals surface area contributed by atoms with Crippen molar-refractivity contribution in [2.75, 3.05) is 5.33 Å². The first-order valence-electron chi connectivity index (χ1n) is 7.26. The van der Waals surface area contributed by atoms with Gasteiger partial charge in [-0.3, -0.25) is 0 Å².